The zero-order valence-corrected chi connectivity index (χ0v) is 16.0. The summed E-state index contributed by atoms with van der Waals surface area (Å²) in [5.74, 6) is -0.0540. The average molecular weight is 375 g/mol. The monoisotopic (exact) mass is 375 g/mol. The van der Waals surface area contributed by atoms with E-state index in [0.29, 0.717) is 24.5 Å². The molecule has 1 N–H and O–H groups in total. The lowest BCUT2D eigenvalue weighted by Gasteiger charge is -2.37. The van der Waals surface area contributed by atoms with Crippen LogP contribution in [0.3, 0.4) is 0 Å². The van der Waals surface area contributed by atoms with E-state index in [1.807, 2.05) is 13.8 Å². The Kier molecular flexibility index (Phi) is 5.10. The molecule has 4 amide bonds. The largest absolute Gasteiger partial charge is 0.497 e. The van der Waals surface area contributed by atoms with E-state index in [1.165, 1.54) is 0 Å². The minimum Gasteiger partial charge on any atom is -0.497 e. The van der Waals surface area contributed by atoms with Crippen LogP contribution >= 0.6 is 0 Å². The minimum absolute atomic E-state index is 0.0715. The average Bonchev–Trinajstić information content (AvgIpc) is 2.87. The highest BCUT2D eigenvalue weighted by Gasteiger charge is 2.50. The smallest absolute Gasteiger partial charge is 0.325 e. The molecule has 2 heterocycles. The number of hydrogen-bond donors (Lipinski definition) is 1. The highest BCUT2D eigenvalue weighted by atomic mass is 16.5. The highest BCUT2D eigenvalue weighted by Crippen LogP contribution is 2.30. The fourth-order valence-electron chi connectivity index (χ4n) is 3.44. The van der Waals surface area contributed by atoms with Crippen LogP contribution in [0.5, 0.6) is 5.75 Å². The van der Waals surface area contributed by atoms with Crippen molar-refractivity contribution in [3.8, 4) is 5.75 Å². The van der Waals surface area contributed by atoms with E-state index >= 15 is 0 Å². The number of urea groups is 1. The quantitative estimate of drug-likeness (QED) is 0.796. The summed E-state index contributed by atoms with van der Waals surface area (Å²) in [5.41, 5.74) is -0.585. The van der Waals surface area contributed by atoms with Crippen LogP contribution in [-0.4, -0.2) is 66.6 Å². The zero-order valence-electron chi connectivity index (χ0n) is 16.0. The van der Waals surface area contributed by atoms with Crippen LogP contribution in [0.4, 0.5) is 4.79 Å². The maximum atomic E-state index is 13.0. The number of carbonyl (C=O) groups is 3. The number of rotatable bonds is 4. The van der Waals surface area contributed by atoms with Gasteiger partial charge in [-0.3, -0.25) is 14.5 Å². The lowest BCUT2D eigenvalue weighted by molar-refractivity contribution is -0.147. The molecule has 2 aliphatic rings. The number of ether oxygens (including phenoxy) is 2. The molecule has 0 aliphatic carbocycles. The Hall–Kier alpha value is -2.61. The van der Waals surface area contributed by atoms with E-state index in [0.717, 1.165) is 4.90 Å². The van der Waals surface area contributed by atoms with Gasteiger partial charge in [0.25, 0.3) is 5.91 Å². The number of benzene rings is 1. The molecule has 1 aromatic carbocycles. The molecule has 3 atom stereocenters. The van der Waals surface area contributed by atoms with Gasteiger partial charge in [-0.05, 0) is 38.5 Å². The molecule has 1 aromatic rings. The summed E-state index contributed by atoms with van der Waals surface area (Å²) in [5, 5.41) is 2.71. The number of imide groups is 1. The Morgan fingerprint density at radius 2 is 1.96 bits per heavy atom. The van der Waals surface area contributed by atoms with Gasteiger partial charge in [0.05, 0.1) is 25.9 Å². The first kappa shape index (κ1) is 19.2. The Balaban J connectivity index is 1.76. The number of morpholine rings is 1. The molecular formula is C19H25N3O5. The molecule has 0 spiro atoms. The Labute approximate surface area is 158 Å². The number of carbonyl (C=O) groups excluding carboxylic acids is 3. The van der Waals surface area contributed by atoms with Crippen LogP contribution in [0.2, 0.25) is 0 Å². The lowest BCUT2D eigenvalue weighted by atomic mass is 9.92. The minimum atomic E-state index is -1.21. The van der Waals surface area contributed by atoms with Crippen molar-refractivity contribution >= 4 is 17.8 Å². The van der Waals surface area contributed by atoms with Crippen molar-refractivity contribution in [1.82, 2.24) is 15.1 Å². The number of nitrogens with zero attached hydrogens (tertiary/aromatic N) is 2. The van der Waals surface area contributed by atoms with E-state index in [4.69, 9.17) is 9.47 Å². The van der Waals surface area contributed by atoms with Crippen LogP contribution in [0.1, 0.15) is 26.3 Å². The summed E-state index contributed by atoms with van der Waals surface area (Å²) >= 11 is 0. The van der Waals surface area contributed by atoms with E-state index in [1.54, 1.807) is 43.2 Å². The molecule has 2 saturated heterocycles. The normalized spacial score (nSPS) is 28.3. The number of nitrogens with one attached hydrogen (secondary N) is 1. The van der Waals surface area contributed by atoms with Crippen LogP contribution in [0, 0.1) is 0 Å². The molecule has 2 fully saturated rings. The van der Waals surface area contributed by atoms with E-state index in [9.17, 15) is 14.4 Å². The molecule has 0 bridgehead atoms. The van der Waals surface area contributed by atoms with E-state index in [2.05, 4.69) is 5.32 Å². The van der Waals surface area contributed by atoms with Crippen LogP contribution in [0.15, 0.2) is 24.3 Å². The van der Waals surface area contributed by atoms with Gasteiger partial charge in [0.2, 0.25) is 5.91 Å². The van der Waals surface area contributed by atoms with Crippen molar-refractivity contribution in [1.29, 1.82) is 0 Å². The van der Waals surface area contributed by atoms with Gasteiger partial charge >= 0.3 is 6.03 Å². The molecule has 0 radical (unpaired) electrons. The van der Waals surface area contributed by atoms with Crippen LogP contribution < -0.4 is 10.1 Å². The summed E-state index contributed by atoms with van der Waals surface area (Å²) < 4.78 is 10.7. The van der Waals surface area contributed by atoms with Gasteiger partial charge < -0.3 is 19.7 Å². The maximum Gasteiger partial charge on any atom is 0.325 e. The Morgan fingerprint density at radius 3 is 2.59 bits per heavy atom. The SMILES string of the molecule is COc1ccc(C2(C)NC(=O)N(CC(=O)N3CC(C)OCC3C)C2=O)cc1. The van der Waals surface area contributed by atoms with Crippen LogP contribution in [0.25, 0.3) is 0 Å². The van der Waals surface area contributed by atoms with Crippen molar-refractivity contribution in [2.75, 3.05) is 26.8 Å². The van der Waals surface area contributed by atoms with Gasteiger partial charge in [0, 0.05) is 6.54 Å². The van der Waals surface area contributed by atoms with Gasteiger partial charge in [-0.15, -0.1) is 0 Å². The van der Waals surface area contributed by atoms with Gasteiger partial charge in [0.15, 0.2) is 0 Å². The molecule has 8 nitrogen and oxygen atoms in total. The van der Waals surface area contributed by atoms with Crippen molar-refractivity contribution < 1.29 is 23.9 Å². The highest BCUT2D eigenvalue weighted by molar-refractivity contribution is 6.09. The molecule has 146 valence electrons. The summed E-state index contributed by atoms with van der Waals surface area (Å²) in [6, 6.07) is 6.25. The number of hydrogen-bond acceptors (Lipinski definition) is 5. The molecule has 0 saturated carbocycles. The predicted molar refractivity (Wildman–Crippen MR) is 97.2 cm³/mol. The zero-order chi connectivity index (χ0) is 19.8. The third kappa shape index (κ3) is 3.49. The fraction of sp³-hybridized carbons (Fsp3) is 0.526. The number of amides is 4. The summed E-state index contributed by atoms with van der Waals surface area (Å²) in [4.78, 5) is 40.8. The molecular weight excluding hydrogens is 350 g/mol. The summed E-state index contributed by atoms with van der Waals surface area (Å²) in [6.45, 7) is 6.01. The van der Waals surface area contributed by atoms with Gasteiger partial charge in [0.1, 0.15) is 17.8 Å². The van der Waals surface area contributed by atoms with Crippen molar-refractivity contribution in [3.63, 3.8) is 0 Å². The van der Waals surface area contributed by atoms with E-state index in [-0.39, 0.29) is 24.6 Å². The molecule has 3 unspecified atom stereocenters. The second-order valence-corrected chi connectivity index (χ2v) is 7.21. The first-order valence-electron chi connectivity index (χ1n) is 8.96. The van der Waals surface area contributed by atoms with E-state index < -0.39 is 17.5 Å². The fourth-order valence-corrected chi connectivity index (χ4v) is 3.44. The Bertz CT molecular complexity index is 750. The third-order valence-corrected chi connectivity index (χ3v) is 5.16. The van der Waals surface area contributed by atoms with Gasteiger partial charge in [-0.25, -0.2) is 4.79 Å². The molecule has 8 heteroatoms. The standard InChI is InChI=1S/C19H25N3O5/c1-12-11-27-13(2)9-21(12)16(23)10-22-17(24)19(3,20-18(22)25)14-5-7-15(26-4)8-6-14/h5-8,12-13H,9-11H2,1-4H3,(H,20,25). The van der Waals surface area contributed by atoms with Gasteiger partial charge in [-0.2, -0.15) is 0 Å². The van der Waals surface area contributed by atoms with Crippen molar-refractivity contribution in [2.45, 2.75) is 38.5 Å². The maximum absolute atomic E-state index is 13.0. The van der Waals surface area contributed by atoms with Gasteiger partial charge in [-0.1, -0.05) is 12.1 Å². The Morgan fingerprint density at radius 1 is 1.30 bits per heavy atom. The molecule has 27 heavy (non-hydrogen) atoms. The van der Waals surface area contributed by atoms with Crippen LogP contribution in [-0.2, 0) is 19.9 Å². The summed E-state index contributed by atoms with van der Waals surface area (Å²) in [6.07, 6.45) is -0.0715. The molecule has 0 aromatic heterocycles. The first-order chi connectivity index (χ1) is 12.8. The topological polar surface area (TPSA) is 88.2 Å². The summed E-state index contributed by atoms with van der Waals surface area (Å²) in [7, 11) is 1.56. The second kappa shape index (κ2) is 7.19. The lowest BCUT2D eigenvalue weighted by Crippen LogP contribution is -2.53. The molecule has 2 aliphatic heterocycles. The molecule has 3 rings (SSSR count). The predicted octanol–water partition coefficient (Wildman–Crippen LogP) is 1.10. The third-order valence-electron chi connectivity index (χ3n) is 5.16. The van der Waals surface area contributed by atoms with Crippen molar-refractivity contribution in [3.05, 3.63) is 29.8 Å². The van der Waals surface area contributed by atoms with Crippen molar-refractivity contribution in [2.24, 2.45) is 0 Å². The first-order valence-corrected chi connectivity index (χ1v) is 8.96. The number of methoxy groups -OCH3 is 1. The second-order valence-electron chi connectivity index (χ2n) is 7.21.